The number of benzene rings is 1. The molecule has 22 heavy (non-hydrogen) atoms. The zero-order valence-corrected chi connectivity index (χ0v) is 16.0. The Morgan fingerprint density at radius 1 is 1.23 bits per heavy atom. The van der Waals surface area contributed by atoms with E-state index in [1.54, 1.807) is 18.3 Å². The van der Waals surface area contributed by atoms with Crippen LogP contribution in [0.15, 0.2) is 30.6 Å². The van der Waals surface area contributed by atoms with Gasteiger partial charge < -0.3 is 20.3 Å². The number of aromatic nitrogens is 4. The number of carboxylic acid groups (broad SMARTS) is 1. The van der Waals surface area contributed by atoms with E-state index < -0.39 is 17.4 Å². The summed E-state index contributed by atoms with van der Waals surface area (Å²) in [6, 6.07) is 5.36. The van der Waals surface area contributed by atoms with Crippen LogP contribution in [-0.4, -0.2) is 26.1 Å². The van der Waals surface area contributed by atoms with E-state index in [1.165, 1.54) is 0 Å². The monoisotopic (exact) mass is 315 g/mol. The van der Waals surface area contributed by atoms with Gasteiger partial charge in [0.15, 0.2) is 0 Å². The molecule has 0 unspecified atom stereocenters. The van der Waals surface area contributed by atoms with Crippen LogP contribution in [0.2, 0.25) is 0 Å². The van der Waals surface area contributed by atoms with Gasteiger partial charge in [-0.2, -0.15) is 5.10 Å². The van der Waals surface area contributed by atoms with E-state index in [0.717, 1.165) is 17.1 Å². The molecule has 0 fully saturated rings. The molecular formula is C12H7N5Na2O3. The van der Waals surface area contributed by atoms with Gasteiger partial charge >= 0.3 is 59.1 Å². The number of carbonyl (C=O) groups is 1. The van der Waals surface area contributed by atoms with Gasteiger partial charge in [-0.25, -0.2) is 9.97 Å². The minimum Gasteiger partial charge on any atom is -0.858 e. The van der Waals surface area contributed by atoms with Gasteiger partial charge in [-0.05, 0) is 18.2 Å². The van der Waals surface area contributed by atoms with E-state index in [-0.39, 0.29) is 65.1 Å². The molecule has 2 aromatic heterocycles. The van der Waals surface area contributed by atoms with Crippen LogP contribution >= 0.6 is 0 Å². The third-order valence-electron chi connectivity index (χ3n) is 2.67. The largest absolute Gasteiger partial charge is 1.00 e. The molecule has 8 nitrogen and oxygen atoms in total. The van der Waals surface area contributed by atoms with Crippen molar-refractivity contribution in [2.24, 2.45) is 0 Å². The summed E-state index contributed by atoms with van der Waals surface area (Å²) in [6.07, 6.45) is 2.60. The van der Waals surface area contributed by atoms with Gasteiger partial charge in [0.25, 0.3) is 0 Å². The van der Waals surface area contributed by atoms with Crippen LogP contribution in [-0.2, 0) is 0 Å². The normalized spacial score (nSPS) is 9.64. The van der Waals surface area contributed by atoms with Gasteiger partial charge in [-0.3, -0.25) is 5.10 Å². The van der Waals surface area contributed by atoms with Crippen molar-refractivity contribution < 1.29 is 74.1 Å². The van der Waals surface area contributed by atoms with Gasteiger partial charge in [-0.1, -0.05) is 0 Å². The van der Waals surface area contributed by atoms with Crippen LogP contribution in [0.5, 0.6) is 5.88 Å². The zero-order valence-electron chi connectivity index (χ0n) is 12.0. The first-order chi connectivity index (χ1) is 9.63. The summed E-state index contributed by atoms with van der Waals surface area (Å²) >= 11 is 0. The molecule has 0 aliphatic rings. The standard InChI is InChI=1S/C12H9N5O3.2Na/c18-10-8(11(19)20)5-13-12(16-10)15-7-2-1-6-4-14-17-9(6)3-7;;/h1-5H,(H,14,17)(H,19,20)(H2,13,15,16,18);;/q;2*+1/p-2. The Morgan fingerprint density at radius 2 is 2.00 bits per heavy atom. The van der Waals surface area contributed by atoms with Gasteiger partial charge in [0.05, 0.1) is 17.7 Å². The fourth-order valence-corrected chi connectivity index (χ4v) is 1.71. The van der Waals surface area contributed by atoms with Gasteiger partial charge in [0, 0.05) is 28.7 Å². The molecule has 100 valence electrons. The molecule has 0 atom stereocenters. The molecule has 2 N–H and O–H groups in total. The van der Waals surface area contributed by atoms with Crippen LogP contribution in [0.25, 0.3) is 10.9 Å². The van der Waals surface area contributed by atoms with Gasteiger partial charge in [-0.15, -0.1) is 0 Å². The minimum atomic E-state index is -1.60. The van der Waals surface area contributed by atoms with Crippen molar-refractivity contribution in [1.29, 1.82) is 0 Å². The number of carboxylic acids is 1. The summed E-state index contributed by atoms with van der Waals surface area (Å²) in [5.41, 5.74) is 0.880. The Balaban J connectivity index is 0.00000121. The molecule has 0 aliphatic heterocycles. The number of fused-ring (bicyclic) bond motifs is 1. The molecule has 0 saturated carbocycles. The van der Waals surface area contributed by atoms with Crippen LogP contribution < -0.4 is 74.6 Å². The average Bonchev–Trinajstić information content (AvgIpc) is 2.85. The second-order valence-corrected chi connectivity index (χ2v) is 4.00. The van der Waals surface area contributed by atoms with E-state index >= 15 is 0 Å². The third kappa shape index (κ3) is 3.97. The van der Waals surface area contributed by atoms with Crippen molar-refractivity contribution in [2.75, 3.05) is 5.32 Å². The number of nitrogens with one attached hydrogen (secondary N) is 2. The molecule has 0 bridgehead atoms. The Bertz CT molecular complexity index is 808. The predicted octanol–water partition coefficient (Wildman–Crippen LogP) is -6.46. The molecule has 0 amide bonds. The molecular weight excluding hydrogens is 308 g/mol. The van der Waals surface area contributed by atoms with Crippen molar-refractivity contribution in [3.8, 4) is 5.88 Å². The molecule has 2 heterocycles. The quantitative estimate of drug-likeness (QED) is 0.460. The topological polar surface area (TPSA) is 130 Å². The third-order valence-corrected chi connectivity index (χ3v) is 2.67. The van der Waals surface area contributed by atoms with Crippen LogP contribution in [0.1, 0.15) is 10.4 Å². The second kappa shape index (κ2) is 7.91. The van der Waals surface area contributed by atoms with Crippen molar-refractivity contribution in [1.82, 2.24) is 20.2 Å². The number of aromatic carboxylic acids is 1. The summed E-state index contributed by atoms with van der Waals surface area (Å²) in [4.78, 5) is 17.9. The number of H-pyrrole nitrogens is 1. The Labute approximate surface area is 168 Å². The van der Waals surface area contributed by atoms with E-state index in [0.29, 0.717) is 5.69 Å². The Morgan fingerprint density at radius 3 is 2.68 bits per heavy atom. The first-order valence-corrected chi connectivity index (χ1v) is 5.59. The molecule has 3 aromatic rings. The summed E-state index contributed by atoms with van der Waals surface area (Å²) in [7, 11) is 0. The summed E-state index contributed by atoms with van der Waals surface area (Å²) in [5, 5.41) is 32.4. The molecule has 0 aliphatic carbocycles. The number of nitrogens with zero attached hydrogens (tertiary/aromatic N) is 3. The fourth-order valence-electron chi connectivity index (χ4n) is 1.71. The molecule has 10 heteroatoms. The Hall–Kier alpha value is -1.16. The van der Waals surface area contributed by atoms with E-state index in [2.05, 4.69) is 25.5 Å². The molecule has 3 rings (SSSR count). The number of hydrogen-bond donors (Lipinski definition) is 2. The van der Waals surface area contributed by atoms with E-state index in [1.807, 2.05) is 6.07 Å². The fraction of sp³-hybridized carbons (Fsp3) is 0. The van der Waals surface area contributed by atoms with Crippen molar-refractivity contribution in [2.45, 2.75) is 0 Å². The first kappa shape index (κ1) is 18.9. The number of rotatable bonds is 3. The molecule has 1 aromatic carbocycles. The van der Waals surface area contributed by atoms with Gasteiger partial charge in [0.1, 0.15) is 0 Å². The summed E-state index contributed by atoms with van der Waals surface area (Å²) in [6.45, 7) is 0. The van der Waals surface area contributed by atoms with Crippen molar-refractivity contribution in [3.63, 3.8) is 0 Å². The summed E-state index contributed by atoms with van der Waals surface area (Å²) in [5.74, 6) is -2.48. The first-order valence-electron chi connectivity index (χ1n) is 5.59. The van der Waals surface area contributed by atoms with Crippen molar-refractivity contribution in [3.05, 3.63) is 36.2 Å². The molecule has 0 radical (unpaired) electrons. The molecule has 0 spiro atoms. The maximum Gasteiger partial charge on any atom is 1.00 e. The van der Waals surface area contributed by atoms with Gasteiger partial charge in [0.2, 0.25) is 5.95 Å². The average molecular weight is 315 g/mol. The molecule has 0 saturated heterocycles. The maximum absolute atomic E-state index is 11.4. The van der Waals surface area contributed by atoms with Crippen LogP contribution in [0.4, 0.5) is 11.6 Å². The van der Waals surface area contributed by atoms with E-state index in [4.69, 9.17) is 0 Å². The number of anilines is 2. The smallest absolute Gasteiger partial charge is 0.858 e. The maximum atomic E-state index is 11.4. The SMILES string of the molecule is O=C([O-])c1cnc(Nc2ccc3cn[nH]c3c2)nc1[O-].[Na+].[Na+]. The van der Waals surface area contributed by atoms with Crippen LogP contribution in [0, 0.1) is 0 Å². The summed E-state index contributed by atoms with van der Waals surface area (Å²) < 4.78 is 0. The number of carbonyl (C=O) groups excluding carboxylic acids is 1. The van der Waals surface area contributed by atoms with Crippen molar-refractivity contribution >= 4 is 28.5 Å². The Kier molecular flexibility index (Phi) is 6.79. The van der Waals surface area contributed by atoms with Crippen LogP contribution in [0.3, 0.4) is 0 Å². The predicted molar refractivity (Wildman–Crippen MR) is 65.2 cm³/mol. The number of aromatic amines is 1. The van der Waals surface area contributed by atoms with E-state index in [9.17, 15) is 15.0 Å². The number of hydrogen-bond acceptors (Lipinski definition) is 7. The minimum absolute atomic E-state index is 0. The zero-order chi connectivity index (χ0) is 14.1. The second-order valence-electron chi connectivity index (χ2n) is 4.00.